The zero-order valence-electron chi connectivity index (χ0n) is 9.93. The molecular formula is C13H16F3N. The van der Waals surface area contributed by atoms with Crippen LogP contribution in [0.25, 0.3) is 0 Å². The second-order valence-corrected chi connectivity index (χ2v) is 4.79. The smallest absolute Gasteiger partial charge is 0.302 e. The normalized spacial score (nSPS) is 20.5. The van der Waals surface area contributed by atoms with E-state index in [0.717, 1.165) is 11.1 Å². The maximum atomic E-state index is 12.8. The summed E-state index contributed by atoms with van der Waals surface area (Å²) in [4.78, 5) is 0. The van der Waals surface area contributed by atoms with E-state index >= 15 is 0 Å². The van der Waals surface area contributed by atoms with Crippen LogP contribution in [0.3, 0.4) is 0 Å². The number of hydrogen-bond acceptors (Lipinski definition) is 1. The van der Waals surface area contributed by atoms with Gasteiger partial charge in [0.25, 0.3) is 0 Å². The van der Waals surface area contributed by atoms with E-state index in [4.69, 9.17) is 0 Å². The molecule has 0 radical (unpaired) electrons. The molecule has 0 bridgehead atoms. The molecule has 1 heterocycles. The Hall–Kier alpha value is -1.03. The summed E-state index contributed by atoms with van der Waals surface area (Å²) in [7, 11) is 0. The molecule has 1 aliphatic rings. The van der Waals surface area contributed by atoms with Crippen LogP contribution in [0.4, 0.5) is 13.2 Å². The monoisotopic (exact) mass is 243 g/mol. The molecule has 1 aromatic rings. The van der Waals surface area contributed by atoms with Crippen LogP contribution in [0.5, 0.6) is 0 Å². The summed E-state index contributed by atoms with van der Waals surface area (Å²) >= 11 is 0. The predicted octanol–water partition coefficient (Wildman–Crippen LogP) is 3.56. The number of halogens is 3. The third-order valence-electron chi connectivity index (χ3n) is 3.21. The molecule has 4 heteroatoms. The first-order valence-electron chi connectivity index (χ1n) is 5.82. The van der Waals surface area contributed by atoms with Crippen molar-refractivity contribution in [1.29, 1.82) is 0 Å². The minimum atomic E-state index is -4.21. The van der Waals surface area contributed by atoms with Crippen molar-refractivity contribution in [2.45, 2.75) is 38.4 Å². The molecular weight excluding hydrogens is 227 g/mol. The molecule has 1 aliphatic heterocycles. The van der Waals surface area contributed by atoms with E-state index in [1.54, 1.807) is 12.1 Å². The van der Waals surface area contributed by atoms with E-state index in [9.17, 15) is 13.2 Å². The van der Waals surface area contributed by atoms with E-state index in [1.807, 2.05) is 19.9 Å². The van der Waals surface area contributed by atoms with Crippen molar-refractivity contribution in [2.75, 3.05) is 6.54 Å². The largest absolute Gasteiger partial charge is 0.407 e. The summed E-state index contributed by atoms with van der Waals surface area (Å²) in [5, 5.41) is 2.54. The van der Waals surface area contributed by atoms with Crippen LogP contribution in [0.1, 0.15) is 42.5 Å². The van der Waals surface area contributed by atoms with Gasteiger partial charge in [-0.3, -0.25) is 0 Å². The molecule has 1 nitrogen and oxygen atoms in total. The molecule has 0 amide bonds. The van der Waals surface area contributed by atoms with Crippen molar-refractivity contribution in [1.82, 2.24) is 5.32 Å². The highest BCUT2D eigenvalue weighted by atomic mass is 19.4. The van der Waals surface area contributed by atoms with Gasteiger partial charge in [-0.05, 0) is 29.0 Å². The quantitative estimate of drug-likeness (QED) is 0.795. The van der Waals surface area contributed by atoms with Crippen molar-refractivity contribution in [2.24, 2.45) is 0 Å². The molecule has 0 spiro atoms. The van der Waals surface area contributed by atoms with Crippen LogP contribution >= 0.6 is 0 Å². The minimum absolute atomic E-state index is 0.347. The average molecular weight is 243 g/mol. The molecule has 17 heavy (non-hydrogen) atoms. The van der Waals surface area contributed by atoms with Crippen LogP contribution in [-0.2, 0) is 6.42 Å². The molecule has 0 aromatic heterocycles. The second kappa shape index (κ2) is 4.33. The fraction of sp³-hybridized carbons (Fsp3) is 0.538. The topological polar surface area (TPSA) is 12.0 Å². The summed E-state index contributed by atoms with van der Waals surface area (Å²) in [6.45, 7) is 4.48. The molecule has 1 N–H and O–H groups in total. The van der Waals surface area contributed by atoms with E-state index in [-0.39, 0.29) is 0 Å². The van der Waals surface area contributed by atoms with Gasteiger partial charge < -0.3 is 5.32 Å². The van der Waals surface area contributed by atoms with Crippen molar-refractivity contribution < 1.29 is 13.2 Å². The summed E-state index contributed by atoms with van der Waals surface area (Å²) < 4.78 is 38.4. The van der Waals surface area contributed by atoms with Crippen molar-refractivity contribution in [3.63, 3.8) is 0 Å². The fourth-order valence-electron chi connectivity index (χ4n) is 2.24. The van der Waals surface area contributed by atoms with E-state index in [1.165, 1.54) is 0 Å². The zero-order valence-corrected chi connectivity index (χ0v) is 9.93. The Balaban J connectivity index is 2.40. The van der Waals surface area contributed by atoms with Gasteiger partial charge in [-0.2, -0.15) is 13.2 Å². The lowest BCUT2D eigenvalue weighted by Gasteiger charge is -2.29. The van der Waals surface area contributed by atoms with E-state index in [0.29, 0.717) is 24.4 Å². The lowest BCUT2D eigenvalue weighted by atomic mass is 9.90. The average Bonchev–Trinajstić information content (AvgIpc) is 2.26. The highest BCUT2D eigenvalue weighted by Crippen LogP contribution is 2.37. The van der Waals surface area contributed by atoms with Crippen LogP contribution in [0.2, 0.25) is 0 Å². The third kappa shape index (κ3) is 2.46. The lowest BCUT2D eigenvalue weighted by Crippen LogP contribution is -2.39. The molecule has 0 saturated carbocycles. The van der Waals surface area contributed by atoms with Gasteiger partial charge in [0, 0.05) is 6.54 Å². The van der Waals surface area contributed by atoms with Crippen molar-refractivity contribution >= 4 is 0 Å². The van der Waals surface area contributed by atoms with Crippen LogP contribution in [0, 0.1) is 0 Å². The molecule has 0 aliphatic carbocycles. The first-order chi connectivity index (χ1) is 7.89. The number of benzene rings is 1. The van der Waals surface area contributed by atoms with Gasteiger partial charge in [-0.25, -0.2) is 0 Å². The maximum absolute atomic E-state index is 12.8. The number of nitrogens with one attached hydrogen (secondary N) is 1. The Bertz CT molecular complexity index is 410. The minimum Gasteiger partial charge on any atom is -0.302 e. The van der Waals surface area contributed by atoms with Crippen molar-refractivity contribution in [3.8, 4) is 0 Å². The number of rotatable bonds is 1. The summed E-state index contributed by atoms with van der Waals surface area (Å²) in [6.07, 6.45) is -3.54. The van der Waals surface area contributed by atoms with Gasteiger partial charge in [0.15, 0.2) is 0 Å². The van der Waals surface area contributed by atoms with Crippen LogP contribution in [0.15, 0.2) is 18.2 Å². The molecule has 2 rings (SSSR count). The van der Waals surface area contributed by atoms with Gasteiger partial charge in [0.05, 0.1) is 0 Å². The summed E-state index contributed by atoms with van der Waals surface area (Å²) in [5.41, 5.74) is 2.32. The molecule has 1 unspecified atom stereocenters. The Morgan fingerprint density at radius 3 is 2.59 bits per heavy atom. The molecule has 0 saturated heterocycles. The predicted molar refractivity (Wildman–Crippen MR) is 61.0 cm³/mol. The molecule has 94 valence electrons. The summed E-state index contributed by atoms with van der Waals surface area (Å²) in [5.74, 6) is 0.347. The van der Waals surface area contributed by atoms with Crippen LogP contribution < -0.4 is 5.32 Å². The highest BCUT2D eigenvalue weighted by molar-refractivity contribution is 5.38. The van der Waals surface area contributed by atoms with E-state index in [2.05, 4.69) is 5.32 Å². The summed E-state index contributed by atoms with van der Waals surface area (Å²) in [6, 6.07) is 3.83. The van der Waals surface area contributed by atoms with E-state index < -0.39 is 12.2 Å². The van der Waals surface area contributed by atoms with Gasteiger partial charge in [-0.15, -0.1) is 0 Å². The maximum Gasteiger partial charge on any atom is 0.407 e. The van der Waals surface area contributed by atoms with Crippen molar-refractivity contribution in [3.05, 3.63) is 34.9 Å². The standard InChI is InChI=1S/C13H16F3N/c1-8(2)9-3-4-11-10(7-9)5-6-17-12(11)13(14,15)16/h3-4,7-8,12,17H,5-6H2,1-2H3. The van der Waals surface area contributed by atoms with Gasteiger partial charge in [0.2, 0.25) is 0 Å². The molecule has 0 fully saturated rings. The second-order valence-electron chi connectivity index (χ2n) is 4.79. The fourth-order valence-corrected chi connectivity index (χ4v) is 2.24. The Labute approximate surface area is 99.0 Å². The molecule has 1 aromatic carbocycles. The number of hydrogen-bond donors (Lipinski definition) is 1. The first kappa shape index (κ1) is 12.4. The SMILES string of the molecule is CC(C)c1ccc2c(c1)CCNC2C(F)(F)F. The van der Waals surface area contributed by atoms with Gasteiger partial charge >= 0.3 is 6.18 Å². The third-order valence-corrected chi connectivity index (χ3v) is 3.21. The zero-order chi connectivity index (χ0) is 12.6. The van der Waals surface area contributed by atoms with Gasteiger partial charge in [-0.1, -0.05) is 32.0 Å². The Morgan fingerprint density at radius 2 is 2.00 bits per heavy atom. The lowest BCUT2D eigenvalue weighted by molar-refractivity contribution is -0.158. The Kier molecular flexibility index (Phi) is 3.17. The molecule has 1 atom stereocenters. The Morgan fingerprint density at radius 1 is 1.29 bits per heavy atom. The number of fused-ring (bicyclic) bond motifs is 1. The first-order valence-corrected chi connectivity index (χ1v) is 5.82. The highest BCUT2D eigenvalue weighted by Gasteiger charge is 2.42. The van der Waals surface area contributed by atoms with Gasteiger partial charge in [0.1, 0.15) is 6.04 Å². The van der Waals surface area contributed by atoms with Crippen LogP contribution in [-0.4, -0.2) is 12.7 Å². The number of alkyl halides is 3.